The van der Waals surface area contributed by atoms with Crippen molar-refractivity contribution in [1.82, 2.24) is 0 Å². The van der Waals surface area contributed by atoms with Crippen molar-refractivity contribution in [2.45, 2.75) is 30.6 Å². The summed E-state index contributed by atoms with van der Waals surface area (Å²) in [6.07, 6.45) is 0. The molecule has 0 saturated heterocycles. The first-order valence-electron chi connectivity index (χ1n) is 7.55. The van der Waals surface area contributed by atoms with E-state index in [0.29, 0.717) is 5.69 Å². The van der Waals surface area contributed by atoms with Gasteiger partial charge < -0.3 is 5.32 Å². The minimum atomic E-state index is -0.355. The molecule has 0 radical (unpaired) electrons. The lowest BCUT2D eigenvalue weighted by molar-refractivity contribution is -0.118. The number of thioether (sulfide) groups is 2. The highest BCUT2D eigenvalue weighted by Crippen LogP contribution is 2.54. The van der Waals surface area contributed by atoms with Crippen molar-refractivity contribution in [3.05, 3.63) is 63.4 Å². The summed E-state index contributed by atoms with van der Waals surface area (Å²) in [4.78, 5) is 27.1. The fourth-order valence-corrected chi connectivity index (χ4v) is 5.36. The topological polar surface area (TPSA) is 46.2 Å². The number of hydrogen-bond acceptors (Lipinski definition) is 4. The Morgan fingerprint density at radius 3 is 1.92 bits per heavy atom. The summed E-state index contributed by atoms with van der Waals surface area (Å²) in [5.74, 6) is -0.576. The number of carbonyl (C=O) groups is 2. The van der Waals surface area contributed by atoms with Crippen LogP contribution in [-0.2, 0) is 9.59 Å². The van der Waals surface area contributed by atoms with Crippen molar-refractivity contribution < 1.29 is 9.59 Å². The first-order valence-corrected chi connectivity index (χ1v) is 9.18. The number of aryl methyl sites for hydroxylation is 2. The molecule has 0 bridgehead atoms. The Bertz CT molecular complexity index is 824. The number of rotatable bonds is 3. The molecule has 5 heteroatoms. The molecule has 2 aromatic carbocycles. The lowest BCUT2D eigenvalue weighted by Crippen LogP contribution is -2.19. The highest BCUT2D eigenvalue weighted by atomic mass is 32.2. The lowest BCUT2D eigenvalue weighted by Gasteiger charge is -2.08. The summed E-state index contributed by atoms with van der Waals surface area (Å²) in [5, 5.41) is 2.81. The molecule has 3 nitrogen and oxygen atoms in total. The van der Waals surface area contributed by atoms with Crippen LogP contribution in [0.2, 0.25) is 0 Å². The maximum atomic E-state index is 12.6. The van der Waals surface area contributed by atoms with Crippen molar-refractivity contribution in [2.24, 2.45) is 0 Å². The highest BCUT2D eigenvalue weighted by Gasteiger charge is 2.29. The molecular weight excluding hydrogens is 338 g/mol. The van der Waals surface area contributed by atoms with Crippen LogP contribution in [0, 0.1) is 13.8 Å². The molecule has 0 saturated carbocycles. The van der Waals surface area contributed by atoms with Crippen LogP contribution in [0.15, 0.2) is 62.1 Å². The van der Waals surface area contributed by atoms with Gasteiger partial charge in [0.1, 0.15) is 5.57 Å². The largest absolute Gasteiger partial charge is 0.322 e. The van der Waals surface area contributed by atoms with Gasteiger partial charge in [-0.25, -0.2) is 0 Å². The van der Waals surface area contributed by atoms with E-state index in [1.807, 2.05) is 32.0 Å². The molecule has 24 heavy (non-hydrogen) atoms. The molecule has 0 aliphatic carbocycles. The number of anilines is 1. The zero-order valence-electron chi connectivity index (χ0n) is 13.7. The van der Waals surface area contributed by atoms with Gasteiger partial charge >= 0.3 is 0 Å². The summed E-state index contributed by atoms with van der Waals surface area (Å²) >= 11 is 3.03. The minimum Gasteiger partial charge on any atom is -0.322 e. The third-order valence-corrected chi connectivity index (χ3v) is 6.58. The predicted octanol–water partition coefficient (Wildman–Crippen LogP) is 4.94. The van der Waals surface area contributed by atoms with Crippen LogP contribution in [0.3, 0.4) is 0 Å². The molecule has 1 heterocycles. The number of carbonyl (C=O) groups excluding carboxylic acids is 2. The second-order valence-electron chi connectivity index (χ2n) is 5.60. The van der Waals surface area contributed by atoms with E-state index in [2.05, 4.69) is 17.4 Å². The first kappa shape index (κ1) is 16.9. The van der Waals surface area contributed by atoms with Gasteiger partial charge in [0.05, 0.1) is 4.24 Å². The molecule has 1 aliphatic heterocycles. The van der Waals surface area contributed by atoms with Gasteiger partial charge in [0.25, 0.3) is 5.91 Å². The number of para-hydroxylation sites is 1. The summed E-state index contributed by atoms with van der Waals surface area (Å²) < 4.78 is 0.753. The van der Waals surface area contributed by atoms with Gasteiger partial charge in [0, 0.05) is 15.5 Å². The van der Waals surface area contributed by atoms with Gasteiger partial charge in [-0.1, -0.05) is 53.9 Å². The summed E-state index contributed by atoms with van der Waals surface area (Å²) in [7, 11) is 0. The first-order chi connectivity index (χ1) is 11.5. The van der Waals surface area contributed by atoms with E-state index in [9.17, 15) is 9.59 Å². The van der Waals surface area contributed by atoms with Crippen LogP contribution in [0.1, 0.15) is 18.1 Å². The lowest BCUT2D eigenvalue weighted by atomic mass is 10.2. The molecular formula is C19H17NO2S2. The minimum absolute atomic E-state index is 0.221. The van der Waals surface area contributed by atoms with Crippen LogP contribution in [0.25, 0.3) is 0 Å². The normalized spacial score (nSPS) is 12.7. The van der Waals surface area contributed by atoms with Gasteiger partial charge in [-0.05, 0) is 44.0 Å². The third kappa shape index (κ3) is 3.28. The standard InChI is InChI=1S/C19H17NO2S2/c1-11-9-10-12(2)17-16(11)23-19(24-17)15(13(3)21)18(22)20-14-7-5-4-6-8-14/h4-10H,1-3H3,(H,20,22). The summed E-state index contributed by atoms with van der Waals surface area (Å²) in [6, 6.07) is 13.3. The van der Waals surface area contributed by atoms with Crippen molar-refractivity contribution in [3.8, 4) is 0 Å². The summed E-state index contributed by atoms with van der Waals surface area (Å²) in [6.45, 7) is 5.54. The van der Waals surface area contributed by atoms with E-state index in [-0.39, 0.29) is 17.3 Å². The molecule has 0 fully saturated rings. The number of ketones is 1. The molecule has 2 aromatic rings. The number of nitrogens with one attached hydrogen (secondary N) is 1. The Labute approximate surface area is 149 Å². The third-order valence-electron chi connectivity index (χ3n) is 3.71. The van der Waals surface area contributed by atoms with E-state index in [1.165, 1.54) is 30.4 Å². The number of amides is 1. The van der Waals surface area contributed by atoms with E-state index >= 15 is 0 Å². The Kier molecular flexibility index (Phi) is 4.83. The van der Waals surface area contributed by atoms with Gasteiger partial charge in [-0.2, -0.15) is 0 Å². The Morgan fingerprint density at radius 2 is 1.42 bits per heavy atom. The second-order valence-corrected chi connectivity index (χ2v) is 7.90. The number of hydrogen-bond donors (Lipinski definition) is 1. The van der Waals surface area contributed by atoms with Crippen LogP contribution < -0.4 is 5.32 Å². The Morgan fingerprint density at radius 1 is 0.875 bits per heavy atom. The molecule has 1 aliphatic rings. The molecule has 0 aromatic heterocycles. The average Bonchev–Trinajstić information content (AvgIpc) is 2.97. The van der Waals surface area contributed by atoms with Gasteiger partial charge in [0.2, 0.25) is 0 Å². The molecule has 3 rings (SSSR count). The van der Waals surface area contributed by atoms with Crippen molar-refractivity contribution >= 4 is 40.9 Å². The Hall–Kier alpha value is -1.98. The van der Waals surface area contributed by atoms with Crippen molar-refractivity contribution in [2.75, 3.05) is 5.32 Å². The molecule has 0 spiro atoms. The zero-order chi connectivity index (χ0) is 17.3. The van der Waals surface area contributed by atoms with Gasteiger partial charge in [-0.3, -0.25) is 9.59 Å². The van der Waals surface area contributed by atoms with E-state index < -0.39 is 0 Å². The van der Waals surface area contributed by atoms with Crippen LogP contribution >= 0.6 is 23.5 Å². The maximum absolute atomic E-state index is 12.6. The SMILES string of the molecule is CC(=O)C(C(=O)Nc1ccccc1)=C1Sc2c(C)ccc(C)c2S1. The van der Waals surface area contributed by atoms with E-state index in [0.717, 1.165) is 25.2 Å². The van der Waals surface area contributed by atoms with Crippen molar-refractivity contribution in [1.29, 1.82) is 0 Å². The van der Waals surface area contributed by atoms with Gasteiger partial charge in [0.15, 0.2) is 5.78 Å². The van der Waals surface area contributed by atoms with Gasteiger partial charge in [-0.15, -0.1) is 0 Å². The number of Topliss-reactive ketones (excluding diaryl/α,β-unsaturated/α-hetero) is 1. The Balaban J connectivity index is 1.96. The fourth-order valence-electron chi connectivity index (χ4n) is 2.43. The smallest absolute Gasteiger partial charge is 0.260 e. The predicted molar refractivity (Wildman–Crippen MR) is 100 cm³/mol. The average molecular weight is 355 g/mol. The van der Waals surface area contributed by atoms with Crippen LogP contribution in [0.5, 0.6) is 0 Å². The van der Waals surface area contributed by atoms with E-state index in [4.69, 9.17) is 0 Å². The molecule has 1 amide bonds. The van der Waals surface area contributed by atoms with Crippen molar-refractivity contribution in [3.63, 3.8) is 0 Å². The highest BCUT2D eigenvalue weighted by molar-refractivity contribution is 8.24. The maximum Gasteiger partial charge on any atom is 0.260 e. The number of benzene rings is 2. The zero-order valence-corrected chi connectivity index (χ0v) is 15.3. The summed E-state index contributed by atoms with van der Waals surface area (Å²) in [5.41, 5.74) is 3.23. The van der Waals surface area contributed by atoms with E-state index in [1.54, 1.807) is 12.1 Å². The quantitative estimate of drug-likeness (QED) is 0.481. The van der Waals surface area contributed by atoms with Crippen LogP contribution in [0.4, 0.5) is 5.69 Å². The molecule has 0 unspecified atom stereocenters. The van der Waals surface area contributed by atoms with Crippen LogP contribution in [-0.4, -0.2) is 11.7 Å². The second kappa shape index (κ2) is 6.87. The fraction of sp³-hybridized carbons (Fsp3) is 0.158. The molecule has 122 valence electrons. The molecule has 1 N–H and O–H groups in total. The number of fused-ring (bicyclic) bond motifs is 1. The molecule has 0 atom stereocenters. The monoisotopic (exact) mass is 355 g/mol.